The van der Waals surface area contributed by atoms with Crippen LogP contribution in [-0.2, 0) is 6.42 Å². The first kappa shape index (κ1) is 16.0. The Morgan fingerprint density at radius 3 is 2.67 bits per heavy atom. The number of hydrogen-bond donors (Lipinski definition) is 1. The van der Waals surface area contributed by atoms with Crippen LogP contribution in [0.1, 0.15) is 30.0 Å². The van der Waals surface area contributed by atoms with E-state index < -0.39 is 0 Å². The molecule has 0 radical (unpaired) electrons. The van der Waals surface area contributed by atoms with E-state index >= 15 is 0 Å². The van der Waals surface area contributed by atoms with Crippen LogP contribution in [0.5, 0.6) is 11.6 Å². The number of aromatic nitrogens is 1. The molecule has 0 bridgehead atoms. The van der Waals surface area contributed by atoms with Crippen LogP contribution in [0.4, 0.5) is 0 Å². The Morgan fingerprint density at radius 1 is 1.24 bits per heavy atom. The molecule has 0 aliphatic rings. The van der Waals surface area contributed by atoms with Gasteiger partial charge in [-0.15, -0.1) is 0 Å². The highest BCUT2D eigenvalue weighted by Gasteiger charge is 2.09. The molecule has 2 N–H and O–H groups in total. The molecule has 0 spiro atoms. The highest BCUT2D eigenvalue weighted by atomic mass is 79.9. The fourth-order valence-electron chi connectivity index (χ4n) is 2.07. The van der Waals surface area contributed by atoms with Crippen molar-refractivity contribution in [3.63, 3.8) is 0 Å². The molecule has 1 atom stereocenters. The smallest absolute Gasteiger partial charge is 0.222 e. The molecule has 2 rings (SSSR count). The largest absolute Gasteiger partial charge is 0.438 e. The quantitative estimate of drug-likeness (QED) is 0.863. The Morgan fingerprint density at radius 2 is 2.00 bits per heavy atom. The van der Waals surface area contributed by atoms with Gasteiger partial charge in [0.15, 0.2) is 0 Å². The molecule has 0 aliphatic carbocycles. The van der Waals surface area contributed by atoms with Gasteiger partial charge in [0.1, 0.15) is 5.75 Å². The number of hydrogen-bond acceptors (Lipinski definition) is 3. The second kappa shape index (κ2) is 7.05. The van der Waals surface area contributed by atoms with E-state index in [2.05, 4.69) is 33.9 Å². The fourth-order valence-corrected chi connectivity index (χ4v) is 2.41. The van der Waals surface area contributed by atoms with Crippen molar-refractivity contribution in [1.82, 2.24) is 4.98 Å². The molecule has 112 valence electrons. The number of halogens is 1. The van der Waals surface area contributed by atoms with Crippen molar-refractivity contribution in [2.45, 2.75) is 39.7 Å². The van der Waals surface area contributed by atoms with Crippen molar-refractivity contribution in [3.8, 4) is 11.6 Å². The van der Waals surface area contributed by atoms with Gasteiger partial charge in [0, 0.05) is 22.3 Å². The number of nitrogens with zero attached hydrogens (tertiary/aromatic N) is 1. The summed E-state index contributed by atoms with van der Waals surface area (Å²) in [6.45, 7) is 6.13. The zero-order valence-corrected chi connectivity index (χ0v) is 14.3. The van der Waals surface area contributed by atoms with Crippen LogP contribution in [0.3, 0.4) is 0 Å². The molecular weight excluding hydrogens is 328 g/mol. The van der Waals surface area contributed by atoms with Gasteiger partial charge in [-0.1, -0.05) is 28.9 Å². The molecule has 1 heterocycles. The lowest BCUT2D eigenvalue weighted by molar-refractivity contribution is 0.454. The van der Waals surface area contributed by atoms with Crippen molar-refractivity contribution in [1.29, 1.82) is 0 Å². The van der Waals surface area contributed by atoms with E-state index in [1.54, 1.807) is 0 Å². The van der Waals surface area contributed by atoms with Gasteiger partial charge < -0.3 is 10.5 Å². The first-order valence-corrected chi connectivity index (χ1v) is 7.94. The monoisotopic (exact) mass is 348 g/mol. The Labute approximate surface area is 134 Å². The van der Waals surface area contributed by atoms with Crippen LogP contribution in [0.15, 0.2) is 34.9 Å². The topological polar surface area (TPSA) is 48.1 Å². The molecule has 2 aromatic rings. The maximum Gasteiger partial charge on any atom is 0.222 e. The lowest BCUT2D eigenvalue weighted by Gasteiger charge is -2.13. The molecule has 0 saturated carbocycles. The number of pyridine rings is 1. The van der Waals surface area contributed by atoms with Gasteiger partial charge in [0.2, 0.25) is 5.88 Å². The Hall–Kier alpha value is -1.39. The summed E-state index contributed by atoms with van der Waals surface area (Å²) in [6, 6.07) is 8.26. The van der Waals surface area contributed by atoms with E-state index in [1.165, 1.54) is 0 Å². The summed E-state index contributed by atoms with van der Waals surface area (Å²) < 4.78 is 6.93. The van der Waals surface area contributed by atoms with Crippen LogP contribution in [-0.4, -0.2) is 11.0 Å². The lowest BCUT2D eigenvalue weighted by Crippen LogP contribution is -2.21. The normalized spacial score (nSPS) is 12.2. The van der Waals surface area contributed by atoms with Crippen molar-refractivity contribution in [2.75, 3.05) is 0 Å². The second-order valence-electron chi connectivity index (χ2n) is 5.35. The molecule has 4 heteroatoms. The first-order valence-electron chi connectivity index (χ1n) is 7.14. The molecule has 1 aromatic carbocycles. The minimum Gasteiger partial charge on any atom is -0.438 e. The summed E-state index contributed by atoms with van der Waals surface area (Å²) >= 11 is 3.46. The average Bonchev–Trinajstić information content (AvgIpc) is 2.45. The van der Waals surface area contributed by atoms with E-state index in [0.717, 1.165) is 39.8 Å². The molecule has 0 saturated heterocycles. The zero-order chi connectivity index (χ0) is 15.4. The predicted octanol–water partition coefficient (Wildman–Crippen LogP) is 4.53. The maximum atomic E-state index is 5.99. The SMILES string of the molecule is CCC(N)Cc1cnc(Oc2cc(Br)ccc2C)c(C)c1. The van der Waals surface area contributed by atoms with Crippen molar-refractivity contribution >= 4 is 15.9 Å². The molecule has 3 nitrogen and oxygen atoms in total. The maximum absolute atomic E-state index is 5.99. The predicted molar refractivity (Wildman–Crippen MR) is 89.9 cm³/mol. The third-order valence-electron chi connectivity index (χ3n) is 3.47. The molecule has 0 aliphatic heterocycles. The van der Waals surface area contributed by atoms with Crippen molar-refractivity contribution in [3.05, 3.63) is 51.6 Å². The average molecular weight is 349 g/mol. The number of aryl methyl sites for hydroxylation is 2. The van der Waals surface area contributed by atoms with Crippen LogP contribution >= 0.6 is 15.9 Å². The number of ether oxygens (including phenoxy) is 1. The van der Waals surface area contributed by atoms with Crippen LogP contribution in [0, 0.1) is 13.8 Å². The Balaban J connectivity index is 2.19. The summed E-state index contributed by atoms with van der Waals surface area (Å²) in [6.07, 6.45) is 3.67. The van der Waals surface area contributed by atoms with Crippen molar-refractivity contribution < 1.29 is 4.74 Å². The summed E-state index contributed by atoms with van der Waals surface area (Å²) in [7, 11) is 0. The van der Waals surface area contributed by atoms with Crippen molar-refractivity contribution in [2.24, 2.45) is 5.73 Å². The van der Waals surface area contributed by atoms with Crippen LogP contribution in [0.2, 0.25) is 0 Å². The minimum atomic E-state index is 0.185. The number of nitrogens with two attached hydrogens (primary N) is 1. The van der Waals surface area contributed by atoms with Gasteiger partial charge >= 0.3 is 0 Å². The van der Waals surface area contributed by atoms with Crippen LogP contribution in [0.25, 0.3) is 0 Å². The van der Waals surface area contributed by atoms with E-state index in [1.807, 2.05) is 38.2 Å². The third kappa shape index (κ3) is 4.29. The zero-order valence-electron chi connectivity index (χ0n) is 12.7. The molecule has 0 amide bonds. The lowest BCUT2D eigenvalue weighted by atomic mass is 10.1. The molecular formula is C17H21BrN2O. The third-order valence-corrected chi connectivity index (χ3v) is 3.96. The summed E-state index contributed by atoms with van der Waals surface area (Å²) in [5.74, 6) is 1.46. The highest BCUT2D eigenvalue weighted by Crippen LogP contribution is 2.29. The standard InChI is InChI=1S/C17H21BrN2O/c1-4-15(19)8-13-7-12(3)17(20-10-13)21-16-9-14(18)6-5-11(16)2/h5-7,9-10,15H,4,8,19H2,1-3H3. The van der Waals surface area contributed by atoms with E-state index in [0.29, 0.717) is 5.88 Å². The highest BCUT2D eigenvalue weighted by molar-refractivity contribution is 9.10. The Kier molecular flexibility index (Phi) is 5.37. The van der Waals surface area contributed by atoms with Gasteiger partial charge in [-0.2, -0.15) is 0 Å². The van der Waals surface area contributed by atoms with Gasteiger partial charge in [-0.25, -0.2) is 4.98 Å². The summed E-state index contributed by atoms with van der Waals surface area (Å²) in [4.78, 5) is 4.44. The Bertz CT molecular complexity index is 628. The molecule has 21 heavy (non-hydrogen) atoms. The van der Waals surface area contributed by atoms with E-state index in [-0.39, 0.29) is 6.04 Å². The molecule has 1 aromatic heterocycles. The van der Waals surface area contributed by atoms with E-state index in [9.17, 15) is 0 Å². The molecule has 1 unspecified atom stereocenters. The summed E-state index contributed by atoms with van der Waals surface area (Å²) in [5.41, 5.74) is 9.25. The first-order chi connectivity index (χ1) is 9.99. The number of benzene rings is 1. The van der Waals surface area contributed by atoms with Crippen LogP contribution < -0.4 is 10.5 Å². The van der Waals surface area contributed by atoms with Gasteiger partial charge in [0.25, 0.3) is 0 Å². The van der Waals surface area contributed by atoms with E-state index in [4.69, 9.17) is 10.5 Å². The van der Waals surface area contributed by atoms with Gasteiger partial charge in [0.05, 0.1) is 0 Å². The molecule has 0 fully saturated rings. The second-order valence-corrected chi connectivity index (χ2v) is 6.27. The fraction of sp³-hybridized carbons (Fsp3) is 0.353. The van der Waals surface area contributed by atoms with Gasteiger partial charge in [-0.05, 0) is 56.0 Å². The minimum absolute atomic E-state index is 0.185. The number of rotatable bonds is 5. The summed E-state index contributed by atoms with van der Waals surface area (Å²) in [5, 5.41) is 0. The van der Waals surface area contributed by atoms with Gasteiger partial charge in [-0.3, -0.25) is 0 Å².